The average Bonchev–Trinajstić information content (AvgIpc) is 2.83. The first-order valence-electron chi connectivity index (χ1n) is 7.12. The maximum atomic E-state index is 12.5. The fraction of sp³-hybridized carbons (Fsp3) is 0.312. The zero-order valence-electron chi connectivity index (χ0n) is 13.4. The number of amides is 1. The van der Waals surface area contributed by atoms with E-state index in [-0.39, 0.29) is 5.91 Å². The predicted octanol–water partition coefficient (Wildman–Crippen LogP) is 3.21. The highest BCUT2D eigenvalue weighted by Crippen LogP contribution is 2.22. The summed E-state index contributed by atoms with van der Waals surface area (Å²) in [6, 6.07) is 5.03. The van der Waals surface area contributed by atoms with Crippen molar-refractivity contribution in [2.75, 3.05) is 12.4 Å². The van der Waals surface area contributed by atoms with Crippen molar-refractivity contribution in [1.82, 2.24) is 9.78 Å². The summed E-state index contributed by atoms with van der Waals surface area (Å²) in [7, 11) is 1.31. The van der Waals surface area contributed by atoms with E-state index in [0.29, 0.717) is 34.2 Å². The van der Waals surface area contributed by atoms with Gasteiger partial charge in [-0.05, 0) is 38.5 Å². The van der Waals surface area contributed by atoms with Crippen LogP contribution in [0.5, 0.6) is 0 Å². The highest BCUT2D eigenvalue weighted by molar-refractivity contribution is 6.34. The van der Waals surface area contributed by atoms with Crippen molar-refractivity contribution in [2.45, 2.75) is 27.3 Å². The zero-order chi connectivity index (χ0) is 17.1. The first-order chi connectivity index (χ1) is 10.9. The lowest BCUT2D eigenvalue weighted by Crippen LogP contribution is -2.18. The van der Waals surface area contributed by atoms with E-state index in [1.807, 2.05) is 6.92 Å². The number of carbonyl (C=O) groups excluding carboxylic acids is 2. The Balaban J connectivity index is 2.33. The Morgan fingerprint density at radius 3 is 2.65 bits per heavy atom. The maximum absolute atomic E-state index is 12.5. The molecule has 0 aliphatic carbocycles. The van der Waals surface area contributed by atoms with Crippen LogP contribution in [0.4, 0.5) is 5.69 Å². The van der Waals surface area contributed by atoms with Gasteiger partial charge < -0.3 is 10.1 Å². The highest BCUT2D eigenvalue weighted by Gasteiger charge is 2.20. The standard InChI is InChI=1S/C16H18ClN3O3/c1-5-20-14(13(17)10(3)19-20)15(21)18-11-7-6-9(2)12(8-11)16(22)23-4/h6-8H,5H2,1-4H3,(H,18,21). The molecule has 0 radical (unpaired) electrons. The summed E-state index contributed by atoms with van der Waals surface area (Å²) in [4.78, 5) is 24.2. The fourth-order valence-electron chi connectivity index (χ4n) is 2.23. The van der Waals surface area contributed by atoms with Gasteiger partial charge in [0, 0.05) is 12.2 Å². The number of ether oxygens (including phenoxy) is 1. The van der Waals surface area contributed by atoms with Crippen LogP contribution < -0.4 is 5.32 Å². The molecule has 0 spiro atoms. The molecule has 122 valence electrons. The van der Waals surface area contributed by atoms with E-state index >= 15 is 0 Å². The second-order valence-corrected chi connectivity index (χ2v) is 5.42. The molecular weight excluding hydrogens is 318 g/mol. The molecule has 1 N–H and O–H groups in total. The smallest absolute Gasteiger partial charge is 0.338 e. The molecule has 2 aromatic rings. The predicted molar refractivity (Wildman–Crippen MR) is 88.1 cm³/mol. The van der Waals surface area contributed by atoms with Crippen LogP contribution in [0.25, 0.3) is 0 Å². The Bertz CT molecular complexity index is 768. The molecule has 7 heteroatoms. The van der Waals surface area contributed by atoms with Crippen LogP contribution in [0.1, 0.15) is 39.0 Å². The third-order valence-electron chi connectivity index (χ3n) is 3.47. The molecule has 1 heterocycles. The van der Waals surface area contributed by atoms with E-state index in [9.17, 15) is 9.59 Å². The van der Waals surface area contributed by atoms with Gasteiger partial charge in [-0.2, -0.15) is 5.10 Å². The Morgan fingerprint density at radius 1 is 1.35 bits per heavy atom. The van der Waals surface area contributed by atoms with Crippen molar-refractivity contribution in [3.63, 3.8) is 0 Å². The molecule has 0 unspecified atom stereocenters. The summed E-state index contributed by atoms with van der Waals surface area (Å²) in [5.74, 6) is -0.830. The van der Waals surface area contributed by atoms with Gasteiger partial charge in [-0.3, -0.25) is 9.48 Å². The second-order valence-electron chi connectivity index (χ2n) is 5.04. The molecule has 6 nitrogen and oxygen atoms in total. The van der Waals surface area contributed by atoms with E-state index in [1.165, 1.54) is 7.11 Å². The molecule has 0 aliphatic heterocycles. The van der Waals surface area contributed by atoms with Crippen LogP contribution >= 0.6 is 11.6 Å². The molecule has 0 fully saturated rings. The molecule has 0 aliphatic rings. The summed E-state index contributed by atoms with van der Waals surface area (Å²) in [5, 5.41) is 7.28. The summed E-state index contributed by atoms with van der Waals surface area (Å²) in [6.45, 7) is 5.94. The van der Waals surface area contributed by atoms with Gasteiger partial charge in [-0.1, -0.05) is 17.7 Å². The lowest BCUT2D eigenvalue weighted by atomic mass is 10.1. The van der Waals surface area contributed by atoms with Crippen molar-refractivity contribution >= 4 is 29.2 Å². The topological polar surface area (TPSA) is 73.2 Å². The molecule has 1 aromatic carbocycles. The number of nitrogens with one attached hydrogen (secondary N) is 1. The maximum Gasteiger partial charge on any atom is 0.338 e. The Labute approximate surface area is 139 Å². The van der Waals surface area contributed by atoms with Crippen molar-refractivity contribution in [1.29, 1.82) is 0 Å². The number of aryl methyl sites for hydroxylation is 3. The number of anilines is 1. The second kappa shape index (κ2) is 6.83. The third-order valence-corrected chi connectivity index (χ3v) is 3.92. The van der Waals surface area contributed by atoms with Gasteiger partial charge in [0.2, 0.25) is 0 Å². The summed E-state index contributed by atoms with van der Waals surface area (Å²) < 4.78 is 6.28. The lowest BCUT2D eigenvalue weighted by molar-refractivity contribution is 0.0599. The lowest BCUT2D eigenvalue weighted by Gasteiger charge is -2.10. The number of hydrogen-bond donors (Lipinski definition) is 1. The fourth-order valence-corrected chi connectivity index (χ4v) is 2.45. The number of esters is 1. The molecular formula is C16H18ClN3O3. The molecule has 0 bridgehead atoms. The van der Waals surface area contributed by atoms with Crippen LogP contribution in [-0.2, 0) is 11.3 Å². The molecule has 2 rings (SSSR count). The van der Waals surface area contributed by atoms with Crippen molar-refractivity contribution < 1.29 is 14.3 Å². The van der Waals surface area contributed by atoms with E-state index in [4.69, 9.17) is 16.3 Å². The van der Waals surface area contributed by atoms with Crippen molar-refractivity contribution in [3.8, 4) is 0 Å². The molecule has 23 heavy (non-hydrogen) atoms. The molecule has 0 atom stereocenters. The first kappa shape index (κ1) is 17.0. The van der Waals surface area contributed by atoms with Gasteiger partial charge in [-0.25, -0.2) is 4.79 Å². The van der Waals surface area contributed by atoms with Gasteiger partial charge in [0.15, 0.2) is 0 Å². The average molecular weight is 336 g/mol. The van der Waals surface area contributed by atoms with Crippen LogP contribution in [0.2, 0.25) is 5.02 Å². The SMILES string of the molecule is CCn1nc(C)c(Cl)c1C(=O)Nc1ccc(C)c(C(=O)OC)c1. The van der Waals surface area contributed by atoms with Crippen LogP contribution in [0, 0.1) is 13.8 Å². The van der Waals surface area contributed by atoms with Gasteiger partial charge in [0.1, 0.15) is 5.69 Å². The van der Waals surface area contributed by atoms with Gasteiger partial charge >= 0.3 is 5.97 Å². The van der Waals surface area contributed by atoms with E-state index in [1.54, 1.807) is 36.7 Å². The van der Waals surface area contributed by atoms with E-state index in [0.717, 1.165) is 5.56 Å². The minimum Gasteiger partial charge on any atom is -0.465 e. The van der Waals surface area contributed by atoms with Crippen LogP contribution in [0.3, 0.4) is 0 Å². The number of aromatic nitrogens is 2. The largest absolute Gasteiger partial charge is 0.465 e. The Morgan fingerprint density at radius 2 is 2.04 bits per heavy atom. The number of hydrogen-bond acceptors (Lipinski definition) is 4. The van der Waals surface area contributed by atoms with E-state index < -0.39 is 5.97 Å². The van der Waals surface area contributed by atoms with Crippen LogP contribution in [0.15, 0.2) is 18.2 Å². The van der Waals surface area contributed by atoms with Gasteiger partial charge in [0.25, 0.3) is 5.91 Å². The zero-order valence-corrected chi connectivity index (χ0v) is 14.2. The third kappa shape index (κ3) is 3.37. The number of methoxy groups -OCH3 is 1. The van der Waals surface area contributed by atoms with Crippen LogP contribution in [-0.4, -0.2) is 28.8 Å². The number of nitrogens with zero attached hydrogens (tertiary/aromatic N) is 2. The van der Waals surface area contributed by atoms with Crippen molar-refractivity contribution in [2.24, 2.45) is 0 Å². The number of rotatable bonds is 4. The van der Waals surface area contributed by atoms with Crippen molar-refractivity contribution in [3.05, 3.63) is 45.7 Å². The number of halogens is 1. The minimum absolute atomic E-state index is 0.298. The summed E-state index contributed by atoms with van der Waals surface area (Å²) in [6.07, 6.45) is 0. The van der Waals surface area contributed by atoms with Gasteiger partial charge in [0.05, 0.1) is 23.4 Å². The highest BCUT2D eigenvalue weighted by atomic mass is 35.5. The monoisotopic (exact) mass is 335 g/mol. The minimum atomic E-state index is -0.453. The molecule has 1 amide bonds. The normalized spacial score (nSPS) is 10.5. The first-order valence-corrected chi connectivity index (χ1v) is 7.50. The molecule has 0 saturated heterocycles. The summed E-state index contributed by atoms with van der Waals surface area (Å²) in [5.41, 5.74) is 2.54. The number of benzene rings is 1. The number of carbonyl (C=O) groups is 2. The quantitative estimate of drug-likeness (QED) is 0.871. The Hall–Kier alpha value is -2.34. The molecule has 1 aromatic heterocycles. The van der Waals surface area contributed by atoms with E-state index in [2.05, 4.69) is 10.4 Å². The molecule has 0 saturated carbocycles. The summed E-state index contributed by atoms with van der Waals surface area (Å²) >= 11 is 6.16. The Kier molecular flexibility index (Phi) is 5.05. The van der Waals surface area contributed by atoms with Gasteiger partial charge in [-0.15, -0.1) is 0 Å².